The molecule has 0 bridgehead atoms. The van der Waals surface area contributed by atoms with Crippen molar-refractivity contribution in [2.45, 2.75) is 38.5 Å². The molecule has 2 rings (SSSR count). The van der Waals surface area contributed by atoms with E-state index in [4.69, 9.17) is 5.73 Å². The minimum absolute atomic E-state index is 0.122. The van der Waals surface area contributed by atoms with Crippen molar-refractivity contribution in [2.24, 2.45) is 5.73 Å². The fourth-order valence-corrected chi connectivity index (χ4v) is 2.63. The average Bonchev–Trinajstić information content (AvgIpc) is 2.76. The average molecular weight is 250 g/mol. The number of hydrogen-bond acceptors (Lipinski definition) is 2. The molecule has 0 amide bonds. The van der Waals surface area contributed by atoms with Crippen molar-refractivity contribution in [1.82, 2.24) is 0 Å². The highest BCUT2D eigenvalue weighted by Crippen LogP contribution is 2.28. The van der Waals surface area contributed by atoms with Gasteiger partial charge in [0, 0.05) is 18.8 Å². The summed E-state index contributed by atoms with van der Waals surface area (Å²) in [6, 6.07) is 5.16. The van der Waals surface area contributed by atoms with E-state index in [1.165, 1.54) is 31.2 Å². The summed E-state index contributed by atoms with van der Waals surface area (Å²) in [6.45, 7) is 2.90. The number of nitrogens with two attached hydrogens (primary N) is 1. The van der Waals surface area contributed by atoms with Gasteiger partial charge in [0.2, 0.25) is 0 Å². The number of unbranched alkanes of at least 4 members (excludes halogenated alkanes) is 4. The summed E-state index contributed by atoms with van der Waals surface area (Å²) < 4.78 is 13.2. The third kappa shape index (κ3) is 3.45. The van der Waals surface area contributed by atoms with E-state index in [-0.39, 0.29) is 5.82 Å². The smallest absolute Gasteiger partial charge is 0.125 e. The second-order valence-corrected chi connectivity index (χ2v) is 5.07. The molecule has 0 atom stereocenters. The van der Waals surface area contributed by atoms with Crippen molar-refractivity contribution < 1.29 is 4.39 Å². The Labute approximate surface area is 109 Å². The second-order valence-electron chi connectivity index (χ2n) is 5.07. The van der Waals surface area contributed by atoms with Gasteiger partial charge in [-0.2, -0.15) is 0 Å². The van der Waals surface area contributed by atoms with Crippen LogP contribution in [0.25, 0.3) is 0 Å². The van der Waals surface area contributed by atoms with Gasteiger partial charge < -0.3 is 10.6 Å². The van der Waals surface area contributed by atoms with Gasteiger partial charge in [-0.3, -0.25) is 0 Å². The Hall–Kier alpha value is -1.09. The van der Waals surface area contributed by atoms with E-state index in [2.05, 4.69) is 4.90 Å². The zero-order chi connectivity index (χ0) is 12.8. The van der Waals surface area contributed by atoms with Gasteiger partial charge >= 0.3 is 0 Å². The molecule has 2 nitrogen and oxygen atoms in total. The molecule has 1 aliphatic heterocycles. The maximum absolute atomic E-state index is 13.2. The molecule has 1 aromatic rings. The van der Waals surface area contributed by atoms with Crippen LogP contribution in [0.3, 0.4) is 0 Å². The number of benzene rings is 1. The lowest BCUT2D eigenvalue weighted by atomic mass is 10.1. The second kappa shape index (κ2) is 6.74. The number of fused-ring (bicyclic) bond motifs is 1. The predicted octanol–water partition coefficient (Wildman–Crippen LogP) is 3.10. The summed E-state index contributed by atoms with van der Waals surface area (Å²) in [4.78, 5) is 2.32. The highest BCUT2D eigenvalue weighted by atomic mass is 19.1. The third-order valence-electron chi connectivity index (χ3n) is 3.67. The van der Waals surface area contributed by atoms with E-state index in [0.29, 0.717) is 0 Å². The Morgan fingerprint density at radius 1 is 1.11 bits per heavy atom. The number of anilines is 1. The van der Waals surface area contributed by atoms with Crippen LogP contribution in [-0.4, -0.2) is 19.6 Å². The molecule has 0 unspecified atom stereocenters. The van der Waals surface area contributed by atoms with Gasteiger partial charge in [-0.1, -0.05) is 25.3 Å². The molecule has 1 heterocycles. The summed E-state index contributed by atoms with van der Waals surface area (Å²) in [7, 11) is 0. The van der Waals surface area contributed by atoms with Crippen molar-refractivity contribution in [3.63, 3.8) is 0 Å². The lowest BCUT2D eigenvalue weighted by Crippen LogP contribution is -2.21. The van der Waals surface area contributed by atoms with Crippen LogP contribution in [-0.2, 0) is 6.42 Å². The van der Waals surface area contributed by atoms with E-state index in [1.807, 2.05) is 6.07 Å². The van der Waals surface area contributed by atoms with Gasteiger partial charge in [0.05, 0.1) is 0 Å². The van der Waals surface area contributed by atoms with Crippen molar-refractivity contribution in [3.8, 4) is 0 Å². The maximum atomic E-state index is 13.2. The number of rotatable bonds is 7. The summed E-state index contributed by atoms with van der Waals surface area (Å²) in [5.74, 6) is -0.122. The van der Waals surface area contributed by atoms with Gasteiger partial charge in [0.25, 0.3) is 0 Å². The minimum atomic E-state index is -0.122. The number of nitrogens with zero attached hydrogens (tertiary/aromatic N) is 1. The molecule has 0 spiro atoms. The van der Waals surface area contributed by atoms with Crippen LogP contribution in [0, 0.1) is 5.82 Å². The van der Waals surface area contributed by atoms with Crippen LogP contribution in [0.4, 0.5) is 10.1 Å². The van der Waals surface area contributed by atoms with Crippen LogP contribution in [0.1, 0.15) is 37.7 Å². The molecular weight excluding hydrogens is 227 g/mol. The fourth-order valence-electron chi connectivity index (χ4n) is 2.63. The minimum Gasteiger partial charge on any atom is -0.371 e. The molecule has 0 fully saturated rings. The molecule has 0 saturated heterocycles. The van der Waals surface area contributed by atoms with Crippen molar-refractivity contribution in [3.05, 3.63) is 29.6 Å². The van der Waals surface area contributed by atoms with Crippen LogP contribution >= 0.6 is 0 Å². The Bertz CT molecular complexity index is 379. The first-order valence-electron chi connectivity index (χ1n) is 7.04. The van der Waals surface area contributed by atoms with Crippen LogP contribution in [0.2, 0.25) is 0 Å². The number of halogens is 1. The molecule has 100 valence electrons. The van der Waals surface area contributed by atoms with Crippen molar-refractivity contribution in [1.29, 1.82) is 0 Å². The highest BCUT2D eigenvalue weighted by Gasteiger charge is 2.18. The maximum Gasteiger partial charge on any atom is 0.125 e. The summed E-state index contributed by atoms with van der Waals surface area (Å²) in [5, 5.41) is 0. The zero-order valence-corrected chi connectivity index (χ0v) is 11.0. The fraction of sp³-hybridized carbons (Fsp3) is 0.600. The molecule has 0 aromatic heterocycles. The topological polar surface area (TPSA) is 29.3 Å². The first-order valence-corrected chi connectivity index (χ1v) is 7.04. The lowest BCUT2D eigenvalue weighted by molar-refractivity contribution is 0.609. The van der Waals surface area contributed by atoms with E-state index >= 15 is 0 Å². The predicted molar refractivity (Wildman–Crippen MR) is 74.5 cm³/mol. The van der Waals surface area contributed by atoms with E-state index in [0.717, 1.165) is 38.2 Å². The summed E-state index contributed by atoms with van der Waals surface area (Å²) >= 11 is 0. The van der Waals surface area contributed by atoms with E-state index in [9.17, 15) is 4.39 Å². The van der Waals surface area contributed by atoms with Crippen LogP contribution in [0.5, 0.6) is 0 Å². The molecule has 0 aliphatic carbocycles. The molecule has 18 heavy (non-hydrogen) atoms. The SMILES string of the molecule is NCCCCCCCN1CCc2ccc(F)cc21. The first kappa shape index (κ1) is 13.3. The Morgan fingerprint density at radius 2 is 1.89 bits per heavy atom. The van der Waals surface area contributed by atoms with Gasteiger partial charge in [0.1, 0.15) is 5.82 Å². The molecule has 3 heteroatoms. The van der Waals surface area contributed by atoms with Crippen molar-refractivity contribution >= 4 is 5.69 Å². The van der Waals surface area contributed by atoms with Crippen LogP contribution < -0.4 is 10.6 Å². The number of hydrogen-bond donors (Lipinski definition) is 1. The van der Waals surface area contributed by atoms with Gasteiger partial charge in [0.15, 0.2) is 0 Å². The molecule has 1 aliphatic rings. The largest absolute Gasteiger partial charge is 0.371 e. The normalized spacial score (nSPS) is 14.0. The van der Waals surface area contributed by atoms with E-state index < -0.39 is 0 Å². The first-order chi connectivity index (χ1) is 8.81. The lowest BCUT2D eigenvalue weighted by Gasteiger charge is -2.19. The molecule has 0 radical (unpaired) electrons. The monoisotopic (exact) mass is 250 g/mol. The van der Waals surface area contributed by atoms with Gasteiger partial charge in [-0.05, 0) is 43.5 Å². The Balaban J connectivity index is 1.74. The summed E-state index contributed by atoms with van der Waals surface area (Å²) in [5.41, 5.74) is 7.87. The molecule has 2 N–H and O–H groups in total. The third-order valence-corrected chi connectivity index (χ3v) is 3.67. The quantitative estimate of drug-likeness (QED) is 0.753. The van der Waals surface area contributed by atoms with Crippen molar-refractivity contribution in [2.75, 3.05) is 24.5 Å². The highest BCUT2D eigenvalue weighted by molar-refractivity contribution is 5.57. The Morgan fingerprint density at radius 3 is 2.72 bits per heavy atom. The Kier molecular flexibility index (Phi) is 5.00. The van der Waals surface area contributed by atoms with Gasteiger partial charge in [-0.15, -0.1) is 0 Å². The summed E-state index contributed by atoms with van der Waals surface area (Å²) in [6.07, 6.45) is 7.14. The molecular formula is C15H23FN2. The standard InChI is InChI=1S/C15H23FN2/c16-14-7-6-13-8-11-18(15(13)12-14)10-5-3-1-2-4-9-17/h6-7,12H,1-5,8-11,17H2. The van der Waals surface area contributed by atoms with Gasteiger partial charge in [-0.25, -0.2) is 4.39 Å². The zero-order valence-electron chi connectivity index (χ0n) is 11.0. The van der Waals surface area contributed by atoms with E-state index in [1.54, 1.807) is 12.1 Å². The molecule has 0 saturated carbocycles. The van der Waals surface area contributed by atoms with Crippen LogP contribution in [0.15, 0.2) is 18.2 Å². The molecule has 1 aromatic carbocycles.